The number of nitrogens with one attached hydrogen (secondary N) is 1. The molecular weight excluding hydrogens is 650 g/mol. The van der Waals surface area contributed by atoms with Crippen molar-refractivity contribution in [3.8, 4) is 22.8 Å². The van der Waals surface area contributed by atoms with E-state index in [4.69, 9.17) is 30.9 Å². The summed E-state index contributed by atoms with van der Waals surface area (Å²) in [4.78, 5) is 11.6. The molecule has 4 heterocycles. The van der Waals surface area contributed by atoms with Crippen LogP contribution in [0.4, 0.5) is 20.4 Å². The molecule has 4 aromatic rings. The van der Waals surface area contributed by atoms with Gasteiger partial charge < -0.3 is 24.3 Å². The summed E-state index contributed by atoms with van der Waals surface area (Å²) in [5.74, 6) is 1.22. The quantitative estimate of drug-likeness (QED) is 0.168. The number of halogens is 3. The molecule has 1 aliphatic carbocycles. The molecule has 1 atom stereocenters. The summed E-state index contributed by atoms with van der Waals surface area (Å²) in [6.07, 6.45) is 11.0. The van der Waals surface area contributed by atoms with Crippen molar-refractivity contribution >= 4 is 23.2 Å². The Bertz CT molecular complexity index is 1570. The number of aromatic nitrogens is 8. The number of morpholine rings is 1. The molecule has 1 unspecified atom stereocenters. The second-order valence-electron chi connectivity index (χ2n) is 11.8. The maximum atomic E-state index is 12.4. The van der Waals surface area contributed by atoms with Crippen molar-refractivity contribution in [3.63, 3.8) is 0 Å². The van der Waals surface area contributed by atoms with Gasteiger partial charge in [-0.2, -0.15) is 8.78 Å². The van der Waals surface area contributed by atoms with Crippen LogP contribution < -0.4 is 14.8 Å². The van der Waals surface area contributed by atoms with Crippen LogP contribution in [0.25, 0.3) is 11.1 Å². The third kappa shape index (κ3) is 9.12. The summed E-state index contributed by atoms with van der Waals surface area (Å²) >= 11 is 6.43. The first-order valence-electron chi connectivity index (χ1n) is 16.1. The van der Waals surface area contributed by atoms with Crippen LogP contribution in [0.5, 0.6) is 11.6 Å². The molecule has 1 aromatic carbocycles. The Morgan fingerprint density at radius 3 is 2.54 bits per heavy atom. The molecule has 2 aliphatic rings. The Labute approximate surface area is 281 Å². The Morgan fingerprint density at radius 1 is 1.04 bits per heavy atom. The lowest BCUT2D eigenvalue weighted by Crippen LogP contribution is -2.45. The molecule has 0 bridgehead atoms. The van der Waals surface area contributed by atoms with Crippen LogP contribution in [0.3, 0.4) is 0 Å². The minimum absolute atomic E-state index is 0.118. The van der Waals surface area contributed by atoms with Crippen LogP contribution in [-0.4, -0.2) is 103 Å². The highest BCUT2D eigenvalue weighted by atomic mass is 35.5. The van der Waals surface area contributed by atoms with Crippen LogP contribution >= 0.6 is 11.6 Å². The molecule has 17 heteroatoms. The van der Waals surface area contributed by atoms with Crippen molar-refractivity contribution in [2.45, 2.75) is 70.4 Å². The van der Waals surface area contributed by atoms with Crippen molar-refractivity contribution in [2.24, 2.45) is 0 Å². The number of ether oxygens (including phenoxy) is 4. The second kappa shape index (κ2) is 16.4. The molecule has 2 fully saturated rings. The van der Waals surface area contributed by atoms with Gasteiger partial charge in [-0.3, -0.25) is 9.58 Å². The van der Waals surface area contributed by atoms with Crippen molar-refractivity contribution < 1.29 is 27.7 Å². The van der Waals surface area contributed by atoms with E-state index in [2.05, 4.69) is 40.4 Å². The summed E-state index contributed by atoms with van der Waals surface area (Å²) < 4.78 is 50.2. The number of nitrogens with zero attached hydrogens (tertiary/aromatic N) is 9. The highest BCUT2D eigenvalue weighted by Gasteiger charge is 2.29. The topological polar surface area (TPSA) is 139 Å². The number of rotatable bonds is 15. The summed E-state index contributed by atoms with van der Waals surface area (Å²) in [5.41, 5.74) is 2.18. The molecule has 0 amide bonds. The monoisotopic (exact) mass is 688 g/mol. The lowest BCUT2D eigenvalue weighted by Gasteiger charge is -2.38. The first-order valence-corrected chi connectivity index (χ1v) is 16.5. The zero-order valence-electron chi connectivity index (χ0n) is 26.6. The predicted molar refractivity (Wildman–Crippen MR) is 172 cm³/mol. The number of tetrazole rings is 1. The molecule has 3 aromatic heterocycles. The van der Waals surface area contributed by atoms with Gasteiger partial charge in [-0.05, 0) is 60.7 Å². The molecule has 1 N–H and O–H groups in total. The van der Waals surface area contributed by atoms with Gasteiger partial charge in [-0.15, -0.1) is 10.2 Å². The fourth-order valence-corrected chi connectivity index (χ4v) is 6.16. The van der Waals surface area contributed by atoms with E-state index in [1.807, 2.05) is 29.9 Å². The number of hydrogen-bond donors (Lipinski definition) is 1. The summed E-state index contributed by atoms with van der Waals surface area (Å²) in [6.45, 7) is 3.13. The maximum absolute atomic E-state index is 12.4. The van der Waals surface area contributed by atoms with E-state index in [1.54, 1.807) is 23.1 Å². The average molecular weight is 689 g/mol. The first-order chi connectivity index (χ1) is 23.4. The van der Waals surface area contributed by atoms with Gasteiger partial charge in [-0.25, -0.2) is 14.6 Å². The largest absolute Gasteiger partial charge is 0.487 e. The Balaban J connectivity index is 1.11. The fraction of sp³-hybridized carbons (Fsp3) is 0.548. The minimum Gasteiger partial charge on any atom is -0.487 e. The Morgan fingerprint density at radius 2 is 1.81 bits per heavy atom. The Hall–Kier alpha value is -3.99. The van der Waals surface area contributed by atoms with Gasteiger partial charge in [0.15, 0.2) is 0 Å². The first kappa shape index (κ1) is 33.9. The zero-order chi connectivity index (χ0) is 33.3. The molecule has 1 saturated carbocycles. The van der Waals surface area contributed by atoms with Crippen molar-refractivity contribution in [3.05, 3.63) is 48.1 Å². The molecule has 14 nitrogen and oxygen atoms in total. The zero-order valence-corrected chi connectivity index (χ0v) is 27.4. The van der Waals surface area contributed by atoms with Gasteiger partial charge in [0, 0.05) is 43.5 Å². The molecule has 1 saturated heterocycles. The van der Waals surface area contributed by atoms with E-state index < -0.39 is 6.61 Å². The average Bonchev–Trinajstić information content (AvgIpc) is 3.76. The SMILES string of the molecule is CC(Cn1cnnn1)Oc1cc(-c2cnc(Nc3cn(C4CCC(N5CCOCC5)CC4)nc3OCCCOC(F)F)nc2)ccc1Cl. The van der Waals surface area contributed by atoms with E-state index in [9.17, 15) is 8.78 Å². The van der Waals surface area contributed by atoms with Crippen LogP contribution in [-0.2, 0) is 16.0 Å². The third-order valence-electron chi connectivity index (χ3n) is 8.40. The number of alkyl halides is 2. The highest BCUT2D eigenvalue weighted by Crippen LogP contribution is 2.35. The van der Waals surface area contributed by atoms with Gasteiger partial charge in [0.2, 0.25) is 5.95 Å². The van der Waals surface area contributed by atoms with Gasteiger partial charge >= 0.3 is 6.61 Å². The van der Waals surface area contributed by atoms with Crippen LogP contribution in [0, 0.1) is 0 Å². The highest BCUT2D eigenvalue weighted by molar-refractivity contribution is 6.32. The van der Waals surface area contributed by atoms with E-state index in [0.717, 1.165) is 63.1 Å². The van der Waals surface area contributed by atoms with Gasteiger partial charge in [0.05, 0.1) is 50.2 Å². The maximum Gasteiger partial charge on any atom is 0.345 e. The molecule has 1 aliphatic heterocycles. The van der Waals surface area contributed by atoms with E-state index in [-0.39, 0.29) is 31.8 Å². The lowest BCUT2D eigenvalue weighted by atomic mass is 9.90. The Kier molecular flexibility index (Phi) is 11.6. The van der Waals surface area contributed by atoms with Crippen LogP contribution in [0.15, 0.2) is 43.1 Å². The smallest absolute Gasteiger partial charge is 0.345 e. The van der Waals surface area contributed by atoms with Crippen molar-refractivity contribution in [2.75, 3.05) is 44.8 Å². The molecular formula is C31H39ClF2N10O4. The summed E-state index contributed by atoms with van der Waals surface area (Å²) in [6, 6.07) is 6.24. The van der Waals surface area contributed by atoms with Gasteiger partial charge in [0.25, 0.3) is 5.88 Å². The fourth-order valence-electron chi connectivity index (χ4n) is 6.00. The van der Waals surface area contributed by atoms with E-state index in [1.165, 1.54) is 6.33 Å². The minimum atomic E-state index is -2.81. The van der Waals surface area contributed by atoms with E-state index in [0.29, 0.717) is 40.9 Å². The summed E-state index contributed by atoms with van der Waals surface area (Å²) in [7, 11) is 0. The van der Waals surface area contributed by atoms with Gasteiger partial charge in [0.1, 0.15) is 23.9 Å². The van der Waals surface area contributed by atoms with Crippen LogP contribution in [0.2, 0.25) is 5.02 Å². The lowest BCUT2D eigenvalue weighted by molar-refractivity contribution is -0.130. The standard InChI is InChI=1S/C31H39ClF2N10O4/c1-21(18-43-20-37-40-41-43)48-28-15-22(3-8-26(28)32)23-16-35-31(36-17-23)38-27-19-44(39-29(27)46-11-2-12-47-30(33)34)25-6-4-24(5-7-25)42-9-13-45-14-10-42/h3,8,15-17,19-21,24-25,30H,2,4-7,9-14,18H2,1H3,(H,35,36,38). The second-order valence-corrected chi connectivity index (χ2v) is 12.2. The predicted octanol–water partition coefficient (Wildman–Crippen LogP) is 5.02. The molecule has 258 valence electrons. The van der Waals surface area contributed by atoms with Gasteiger partial charge in [-0.1, -0.05) is 17.7 Å². The number of anilines is 2. The third-order valence-corrected chi connectivity index (χ3v) is 8.71. The van der Waals surface area contributed by atoms with Crippen molar-refractivity contribution in [1.82, 2.24) is 44.9 Å². The molecule has 0 radical (unpaired) electrons. The van der Waals surface area contributed by atoms with E-state index >= 15 is 0 Å². The van der Waals surface area contributed by atoms with Crippen molar-refractivity contribution in [1.29, 1.82) is 0 Å². The number of benzene rings is 1. The number of hydrogen-bond acceptors (Lipinski definition) is 12. The summed E-state index contributed by atoms with van der Waals surface area (Å²) in [5, 5.41) is 19.6. The molecule has 6 rings (SSSR count). The molecule has 0 spiro atoms. The normalized spacial score (nSPS) is 19.4. The molecule has 48 heavy (non-hydrogen) atoms. The van der Waals surface area contributed by atoms with Crippen LogP contribution in [0.1, 0.15) is 45.1 Å².